The van der Waals surface area contributed by atoms with Crippen LogP contribution in [0.5, 0.6) is 0 Å². The second kappa shape index (κ2) is 6.11. The zero-order valence-corrected chi connectivity index (χ0v) is 14.1. The third-order valence-corrected chi connectivity index (χ3v) is 4.31. The molecular formula is C19H14ClN3O2. The van der Waals surface area contributed by atoms with Gasteiger partial charge in [-0.1, -0.05) is 23.7 Å². The Morgan fingerprint density at radius 1 is 1.20 bits per heavy atom. The molecule has 4 rings (SSSR count). The summed E-state index contributed by atoms with van der Waals surface area (Å²) in [4.78, 5) is 20.0. The molecule has 0 spiro atoms. The molecule has 124 valence electrons. The summed E-state index contributed by atoms with van der Waals surface area (Å²) in [6.45, 7) is 1.95. The van der Waals surface area contributed by atoms with Gasteiger partial charge < -0.3 is 14.7 Å². The number of carbonyl (C=O) groups is 1. The lowest BCUT2D eigenvalue weighted by molar-refractivity contribution is 0.0996. The summed E-state index contributed by atoms with van der Waals surface area (Å²) in [5, 5.41) is 3.50. The Morgan fingerprint density at radius 3 is 2.88 bits per heavy atom. The molecule has 0 aliphatic rings. The number of imidazole rings is 1. The molecule has 0 radical (unpaired) electrons. The maximum Gasteiger partial charge on any atom is 0.291 e. The van der Waals surface area contributed by atoms with Crippen LogP contribution in [0.15, 0.2) is 59.2 Å². The van der Waals surface area contributed by atoms with Gasteiger partial charge in [0.2, 0.25) is 0 Å². The number of benzene rings is 2. The lowest BCUT2D eigenvalue weighted by Crippen LogP contribution is -2.10. The van der Waals surface area contributed by atoms with E-state index in [1.54, 1.807) is 12.1 Å². The highest BCUT2D eigenvalue weighted by Gasteiger charge is 2.11. The number of aryl methyl sites for hydroxylation is 1. The number of fused-ring (bicyclic) bond motifs is 1. The van der Waals surface area contributed by atoms with Crippen molar-refractivity contribution in [1.82, 2.24) is 9.97 Å². The maximum absolute atomic E-state index is 12.1. The quantitative estimate of drug-likeness (QED) is 0.543. The monoisotopic (exact) mass is 351 g/mol. The minimum Gasteiger partial charge on any atom is -0.459 e. The molecule has 5 nitrogen and oxygen atoms in total. The van der Waals surface area contributed by atoms with Crippen LogP contribution >= 0.6 is 11.6 Å². The van der Waals surface area contributed by atoms with E-state index < -0.39 is 0 Å². The Hall–Kier alpha value is -3.05. The average Bonchev–Trinajstić information content (AvgIpc) is 3.25. The zero-order chi connectivity index (χ0) is 17.4. The normalized spacial score (nSPS) is 11.0. The van der Waals surface area contributed by atoms with Gasteiger partial charge in [0.05, 0.1) is 17.3 Å². The Bertz CT molecular complexity index is 1030. The topological polar surface area (TPSA) is 70.9 Å². The fourth-order valence-corrected chi connectivity index (χ4v) is 2.78. The molecule has 2 heterocycles. The summed E-state index contributed by atoms with van der Waals surface area (Å²) in [6, 6.07) is 14.6. The number of hydrogen-bond acceptors (Lipinski definition) is 3. The predicted octanol–water partition coefficient (Wildman–Crippen LogP) is 5.04. The van der Waals surface area contributed by atoms with Crippen molar-refractivity contribution in [1.29, 1.82) is 0 Å². The van der Waals surface area contributed by atoms with E-state index in [1.807, 2.05) is 43.3 Å². The number of aromatic nitrogens is 2. The molecule has 0 saturated carbocycles. The Kier molecular flexibility index (Phi) is 3.78. The molecule has 6 heteroatoms. The third-order valence-electron chi connectivity index (χ3n) is 3.90. The van der Waals surface area contributed by atoms with E-state index in [-0.39, 0.29) is 11.7 Å². The number of amides is 1. The fraction of sp³-hybridized carbons (Fsp3) is 0.0526. The van der Waals surface area contributed by atoms with Gasteiger partial charge in [-0.3, -0.25) is 4.79 Å². The van der Waals surface area contributed by atoms with Gasteiger partial charge in [0, 0.05) is 16.3 Å². The van der Waals surface area contributed by atoms with Gasteiger partial charge in [0.15, 0.2) is 5.76 Å². The van der Waals surface area contributed by atoms with Crippen LogP contribution in [0.3, 0.4) is 0 Å². The molecule has 2 aromatic carbocycles. The van der Waals surface area contributed by atoms with Gasteiger partial charge in [-0.05, 0) is 48.9 Å². The molecule has 0 aliphatic carbocycles. The second-order valence-electron chi connectivity index (χ2n) is 5.72. The van der Waals surface area contributed by atoms with Crippen LogP contribution < -0.4 is 5.32 Å². The number of furan rings is 1. The molecule has 0 atom stereocenters. The molecule has 0 bridgehead atoms. The zero-order valence-electron chi connectivity index (χ0n) is 13.3. The third kappa shape index (κ3) is 3.02. The predicted molar refractivity (Wildman–Crippen MR) is 97.9 cm³/mol. The first kappa shape index (κ1) is 15.5. The van der Waals surface area contributed by atoms with Crippen molar-refractivity contribution in [3.05, 3.63) is 71.1 Å². The average molecular weight is 352 g/mol. The van der Waals surface area contributed by atoms with Crippen molar-refractivity contribution in [2.24, 2.45) is 0 Å². The van der Waals surface area contributed by atoms with Gasteiger partial charge in [-0.15, -0.1) is 0 Å². The highest BCUT2D eigenvalue weighted by atomic mass is 35.5. The van der Waals surface area contributed by atoms with Crippen LogP contribution in [0.4, 0.5) is 5.69 Å². The smallest absolute Gasteiger partial charge is 0.291 e. The van der Waals surface area contributed by atoms with Crippen LogP contribution in [-0.2, 0) is 0 Å². The van der Waals surface area contributed by atoms with Crippen LogP contribution in [0.1, 0.15) is 16.1 Å². The number of anilines is 1. The van der Waals surface area contributed by atoms with Crippen molar-refractivity contribution in [3.8, 4) is 11.4 Å². The molecular weight excluding hydrogens is 338 g/mol. The number of nitrogens with zero attached hydrogens (tertiary/aromatic N) is 1. The lowest BCUT2D eigenvalue weighted by atomic mass is 10.2. The number of H-pyrrole nitrogens is 1. The molecule has 0 fully saturated rings. The SMILES string of the molecule is Cc1cc2[nH]c(-c3cccc(NC(=O)c4ccco4)c3)nc2cc1Cl. The summed E-state index contributed by atoms with van der Waals surface area (Å²) >= 11 is 6.16. The summed E-state index contributed by atoms with van der Waals surface area (Å²) in [5.41, 5.74) is 4.23. The van der Waals surface area contributed by atoms with Gasteiger partial charge >= 0.3 is 0 Å². The van der Waals surface area contributed by atoms with E-state index >= 15 is 0 Å². The molecule has 2 N–H and O–H groups in total. The first-order valence-electron chi connectivity index (χ1n) is 7.71. The summed E-state index contributed by atoms with van der Waals surface area (Å²) in [7, 11) is 0. The minimum atomic E-state index is -0.297. The van der Waals surface area contributed by atoms with E-state index in [0.717, 1.165) is 22.2 Å². The van der Waals surface area contributed by atoms with Gasteiger partial charge in [-0.2, -0.15) is 0 Å². The largest absolute Gasteiger partial charge is 0.459 e. The number of carbonyl (C=O) groups excluding carboxylic acids is 1. The van der Waals surface area contributed by atoms with Crippen molar-refractivity contribution in [2.45, 2.75) is 6.92 Å². The van der Waals surface area contributed by atoms with Crippen molar-refractivity contribution in [3.63, 3.8) is 0 Å². The Balaban J connectivity index is 1.66. The molecule has 4 aromatic rings. The molecule has 1 amide bonds. The van der Waals surface area contributed by atoms with Gasteiger partial charge in [0.1, 0.15) is 5.82 Å². The Morgan fingerprint density at radius 2 is 2.08 bits per heavy atom. The number of halogens is 1. The van der Waals surface area contributed by atoms with E-state index in [4.69, 9.17) is 16.0 Å². The van der Waals surface area contributed by atoms with Crippen molar-refractivity contribution < 1.29 is 9.21 Å². The molecule has 0 aliphatic heterocycles. The Labute approximate surface area is 148 Å². The van der Waals surface area contributed by atoms with E-state index in [9.17, 15) is 4.79 Å². The first-order valence-corrected chi connectivity index (χ1v) is 8.09. The number of rotatable bonds is 3. The highest BCUT2D eigenvalue weighted by molar-refractivity contribution is 6.32. The fourth-order valence-electron chi connectivity index (χ4n) is 2.62. The second-order valence-corrected chi connectivity index (χ2v) is 6.12. The molecule has 0 unspecified atom stereocenters. The van der Waals surface area contributed by atoms with E-state index in [0.29, 0.717) is 16.5 Å². The molecule has 0 saturated heterocycles. The molecule has 2 aromatic heterocycles. The van der Waals surface area contributed by atoms with Crippen molar-refractivity contribution in [2.75, 3.05) is 5.32 Å². The van der Waals surface area contributed by atoms with Crippen LogP contribution in [0.2, 0.25) is 5.02 Å². The van der Waals surface area contributed by atoms with Gasteiger partial charge in [0.25, 0.3) is 5.91 Å². The summed E-state index contributed by atoms with van der Waals surface area (Å²) < 4.78 is 5.10. The highest BCUT2D eigenvalue weighted by Crippen LogP contribution is 2.26. The van der Waals surface area contributed by atoms with Crippen molar-refractivity contribution >= 4 is 34.2 Å². The standard InChI is InChI=1S/C19H14ClN3O2/c1-11-8-15-16(10-14(11)20)23-18(22-15)12-4-2-5-13(9-12)21-19(24)17-6-3-7-25-17/h2-10H,1H3,(H,21,24)(H,22,23). The summed E-state index contributed by atoms with van der Waals surface area (Å²) in [6.07, 6.45) is 1.47. The van der Waals surface area contributed by atoms with Gasteiger partial charge in [-0.25, -0.2) is 4.98 Å². The number of aromatic amines is 1. The van der Waals surface area contributed by atoms with Crippen LogP contribution in [0.25, 0.3) is 22.4 Å². The number of nitrogens with one attached hydrogen (secondary N) is 2. The number of hydrogen-bond donors (Lipinski definition) is 2. The van der Waals surface area contributed by atoms with Crippen LogP contribution in [0, 0.1) is 6.92 Å². The lowest BCUT2D eigenvalue weighted by Gasteiger charge is -2.04. The minimum absolute atomic E-state index is 0.263. The van der Waals surface area contributed by atoms with Crippen LogP contribution in [-0.4, -0.2) is 15.9 Å². The maximum atomic E-state index is 12.1. The molecule has 25 heavy (non-hydrogen) atoms. The first-order chi connectivity index (χ1) is 12.1. The summed E-state index contributed by atoms with van der Waals surface area (Å²) in [5.74, 6) is 0.680. The van der Waals surface area contributed by atoms with E-state index in [1.165, 1.54) is 6.26 Å². The van der Waals surface area contributed by atoms with E-state index in [2.05, 4.69) is 15.3 Å².